The lowest BCUT2D eigenvalue weighted by Gasteiger charge is -2.27. The Morgan fingerprint density at radius 1 is 1.10 bits per heavy atom. The Balaban J connectivity index is 2.04. The van der Waals surface area contributed by atoms with Crippen LogP contribution in [0.4, 0.5) is 4.39 Å². The third-order valence-electron chi connectivity index (χ3n) is 4.99. The van der Waals surface area contributed by atoms with Gasteiger partial charge in [0.25, 0.3) is 5.91 Å². The van der Waals surface area contributed by atoms with Crippen LogP contribution in [0.25, 0.3) is 0 Å². The van der Waals surface area contributed by atoms with E-state index in [-0.39, 0.29) is 36.1 Å². The van der Waals surface area contributed by atoms with Crippen LogP contribution in [-0.4, -0.2) is 50.0 Å². The monoisotopic (exact) mass is 429 g/mol. The summed E-state index contributed by atoms with van der Waals surface area (Å²) in [6.07, 6.45) is 0. The molecule has 2 unspecified atom stereocenters. The van der Waals surface area contributed by atoms with Crippen LogP contribution in [0.15, 0.2) is 48.5 Å². The molecule has 2 aromatic rings. The molecule has 2 rings (SSSR count). The zero-order valence-corrected chi connectivity index (χ0v) is 18.8. The van der Waals surface area contributed by atoms with Gasteiger partial charge in [0, 0.05) is 12.1 Å². The Morgan fingerprint density at radius 3 is 2.32 bits per heavy atom. The number of amides is 2. The molecule has 0 aliphatic carbocycles. The largest absolute Gasteiger partial charge is 0.494 e. The Labute approximate surface area is 183 Å². The molecule has 0 bridgehead atoms. The van der Waals surface area contributed by atoms with Crippen LogP contribution in [0.3, 0.4) is 0 Å². The van der Waals surface area contributed by atoms with Crippen LogP contribution in [0.2, 0.25) is 0 Å². The maximum absolute atomic E-state index is 13.6. The van der Waals surface area contributed by atoms with Gasteiger partial charge in [-0.1, -0.05) is 26.0 Å². The van der Waals surface area contributed by atoms with Gasteiger partial charge in [0.05, 0.1) is 12.6 Å². The van der Waals surface area contributed by atoms with E-state index in [0.29, 0.717) is 17.9 Å². The van der Waals surface area contributed by atoms with Crippen LogP contribution in [-0.2, 0) is 4.79 Å². The van der Waals surface area contributed by atoms with Gasteiger partial charge in [0.1, 0.15) is 17.6 Å². The Morgan fingerprint density at radius 2 is 1.77 bits per heavy atom. The van der Waals surface area contributed by atoms with Crippen LogP contribution in [0, 0.1) is 11.7 Å². The molecule has 0 heterocycles. The Hall–Kier alpha value is -2.93. The third kappa shape index (κ3) is 7.07. The van der Waals surface area contributed by atoms with Gasteiger partial charge in [-0.05, 0) is 68.9 Å². The minimum atomic E-state index is -0.700. The third-order valence-corrected chi connectivity index (χ3v) is 4.99. The molecule has 2 atom stereocenters. The van der Waals surface area contributed by atoms with Crippen molar-refractivity contribution >= 4 is 11.8 Å². The fraction of sp³-hybridized carbons (Fsp3) is 0.417. The van der Waals surface area contributed by atoms with Crippen LogP contribution in [0.5, 0.6) is 5.75 Å². The molecule has 2 aromatic carbocycles. The molecule has 0 aliphatic heterocycles. The average molecular weight is 430 g/mol. The van der Waals surface area contributed by atoms with Crippen LogP contribution >= 0.6 is 0 Å². The van der Waals surface area contributed by atoms with E-state index in [1.54, 1.807) is 30.3 Å². The molecule has 0 saturated carbocycles. The molecule has 0 radical (unpaired) electrons. The summed E-state index contributed by atoms with van der Waals surface area (Å²) in [5.74, 6) is -0.356. The number of hydrogen-bond donors (Lipinski definition) is 2. The van der Waals surface area contributed by atoms with Crippen molar-refractivity contribution in [3.63, 3.8) is 0 Å². The van der Waals surface area contributed by atoms with Crippen molar-refractivity contribution in [3.05, 3.63) is 65.5 Å². The van der Waals surface area contributed by atoms with E-state index in [1.165, 1.54) is 12.1 Å². The lowest BCUT2D eigenvalue weighted by molar-refractivity contribution is -0.124. The fourth-order valence-corrected chi connectivity index (χ4v) is 3.25. The van der Waals surface area contributed by atoms with Crippen molar-refractivity contribution in [1.29, 1.82) is 0 Å². The van der Waals surface area contributed by atoms with E-state index in [4.69, 9.17) is 4.74 Å². The van der Waals surface area contributed by atoms with Crippen LogP contribution < -0.4 is 15.4 Å². The summed E-state index contributed by atoms with van der Waals surface area (Å²) in [4.78, 5) is 27.4. The molecule has 0 aromatic heterocycles. The van der Waals surface area contributed by atoms with Crippen molar-refractivity contribution in [2.24, 2.45) is 5.92 Å². The normalized spacial score (nSPS) is 13.0. The SMILES string of the molecule is CCOc1ccc(C(=O)NC(C(=O)NCC(c2cccc(F)c2)N(C)C)C(C)C)cc1. The highest BCUT2D eigenvalue weighted by molar-refractivity contribution is 5.97. The van der Waals surface area contributed by atoms with E-state index < -0.39 is 6.04 Å². The summed E-state index contributed by atoms with van der Waals surface area (Å²) < 4.78 is 19.0. The molecule has 168 valence electrons. The van der Waals surface area contributed by atoms with Crippen molar-refractivity contribution in [1.82, 2.24) is 15.5 Å². The number of nitrogens with zero attached hydrogens (tertiary/aromatic N) is 1. The second kappa shape index (κ2) is 11.5. The van der Waals surface area contributed by atoms with E-state index in [1.807, 2.05) is 45.8 Å². The molecule has 0 saturated heterocycles. The average Bonchev–Trinajstić information content (AvgIpc) is 2.72. The Kier molecular flexibility index (Phi) is 9.00. The standard InChI is InChI=1S/C24H32FN3O3/c1-6-31-20-12-10-17(11-13-20)23(29)27-22(16(2)3)24(30)26-15-21(28(4)5)18-8-7-9-19(25)14-18/h7-14,16,21-22H,6,15H2,1-5H3,(H,26,30)(H,27,29). The highest BCUT2D eigenvalue weighted by Crippen LogP contribution is 2.18. The number of rotatable bonds is 10. The van der Waals surface area contributed by atoms with Gasteiger partial charge in [-0.3, -0.25) is 9.59 Å². The smallest absolute Gasteiger partial charge is 0.251 e. The summed E-state index contributed by atoms with van der Waals surface area (Å²) in [6, 6.07) is 12.2. The molecule has 2 amide bonds. The molecular weight excluding hydrogens is 397 g/mol. The Bertz CT molecular complexity index is 869. The first-order valence-electron chi connectivity index (χ1n) is 10.5. The molecule has 31 heavy (non-hydrogen) atoms. The molecule has 2 N–H and O–H groups in total. The van der Waals surface area contributed by atoms with Crippen molar-refractivity contribution in [2.75, 3.05) is 27.2 Å². The van der Waals surface area contributed by atoms with Crippen molar-refractivity contribution in [3.8, 4) is 5.75 Å². The van der Waals surface area contributed by atoms with Gasteiger partial charge >= 0.3 is 0 Å². The van der Waals surface area contributed by atoms with E-state index in [2.05, 4.69) is 10.6 Å². The second-order valence-corrected chi connectivity index (χ2v) is 7.93. The summed E-state index contributed by atoms with van der Waals surface area (Å²) in [6.45, 7) is 6.47. The van der Waals surface area contributed by atoms with Crippen LogP contribution in [0.1, 0.15) is 42.7 Å². The molecular formula is C24H32FN3O3. The van der Waals surface area contributed by atoms with Crippen molar-refractivity contribution in [2.45, 2.75) is 32.9 Å². The summed E-state index contributed by atoms with van der Waals surface area (Å²) >= 11 is 0. The van der Waals surface area contributed by atoms with E-state index in [0.717, 1.165) is 5.56 Å². The van der Waals surface area contributed by atoms with Gasteiger partial charge < -0.3 is 20.3 Å². The quantitative estimate of drug-likeness (QED) is 0.607. The number of likely N-dealkylation sites (N-methyl/N-ethyl adjacent to an activating group) is 1. The van der Waals surface area contributed by atoms with Crippen molar-refractivity contribution < 1.29 is 18.7 Å². The molecule has 6 nitrogen and oxygen atoms in total. The highest BCUT2D eigenvalue weighted by atomic mass is 19.1. The number of hydrogen-bond acceptors (Lipinski definition) is 4. The molecule has 7 heteroatoms. The molecule has 0 aliphatic rings. The number of nitrogens with one attached hydrogen (secondary N) is 2. The zero-order chi connectivity index (χ0) is 23.0. The topological polar surface area (TPSA) is 70.7 Å². The van der Waals surface area contributed by atoms with Gasteiger partial charge in [-0.15, -0.1) is 0 Å². The maximum atomic E-state index is 13.6. The lowest BCUT2D eigenvalue weighted by Crippen LogP contribution is -2.51. The predicted molar refractivity (Wildman–Crippen MR) is 120 cm³/mol. The van der Waals surface area contributed by atoms with Gasteiger partial charge in [-0.25, -0.2) is 4.39 Å². The minimum Gasteiger partial charge on any atom is -0.494 e. The van der Waals surface area contributed by atoms with E-state index >= 15 is 0 Å². The summed E-state index contributed by atoms with van der Waals surface area (Å²) in [5, 5.41) is 5.73. The molecule has 0 spiro atoms. The first kappa shape index (κ1) is 24.3. The summed E-state index contributed by atoms with van der Waals surface area (Å²) in [7, 11) is 3.74. The van der Waals surface area contributed by atoms with Gasteiger partial charge in [-0.2, -0.15) is 0 Å². The number of carbonyl (C=O) groups is 2. The van der Waals surface area contributed by atoms with Gasteiger partial charge in [0.15, 0.2) is 0 Å². The number of carbonyl (C=O) groups excluding carboxylic acids is 2. The highest BCUT2D eigenvalue weighted by Gasteiger charge is 2.26. The lowest BCUT2D eigenvalue weighted by atomic mass is 10.0. The predicted octanol–water partition coefficient (Wildman–Crippen LogP) is 3.40. The van der Waals surface area contributed by atoms with E-state index in [9.17, 15) is 14.0 Å². The number of ether oxygens (including phenoxy) is 1. The minimum absolute atomic E-state index is 0.112. The number of benzene rings is 2. The van der Waals surface area contributed by atoms with Gasteiger partial charge in [0.2, 0.25) is 5.91 Å². The zero-order valence-electron chi connectivity index (χ0n) is 18.8. The fourth-order valence-electron chi connectivity index (χ4n) is 3.25. The second-order valence-electron chi connectivity index (χ2n) is 7.93. The first-order valence-corrected chi connectivity index (χ1v) is 10.5. The maximum Gasteiger partial charge on any atom is 0.251 e. The summed E-state index contributed by atoms with van der Waals surface area (Å²) in [5.41, 5.74) is 1.22. The number of halogens is 1. The molecule has 0 fully saturated rings. The first-order chi connectivity index (χ1) is 14.7.